The molecule has 0 aliphatic carbocycles. The fraction of sp³-hybridized carbons (Fsp3) is 0.154. The van der Waals surface area contributed by atoms with Gasteiger partial charge in [-0.05, 0) is 31.2 Å². The maximum absolute atomic E-state index is 8.83. The van der Waals surface area contributed by atoms with Gasteiger partial charge >= 0.3 is 0 Å². The molecule has 0 saturated carbocycles. The van der Waals surface area contributed by atoms with Crippen LogP contribution in [0, 0.1) is 18.3 Å². The van der Waals surface area contributed by atoms with Gasteiger partial charge in [0.15, 0.2) is 0 Å². The van der Waals surface area contributed by atoms with Crippen molar-refractivity contribution in [2.75, 3.05) is 5.32 Å². The monoisotopic (exact) mass is 258 g/mol. The lowest BCUT2D eigenvalue weighted by molar-refractivity contribution is 0.955. The van der Waals surface area contributed by atoms with Crippen molar-refractivity contribution in [2.45, 2.75) is 13.5 Å². The molecule has 1 aromatic heterocycles. The quantitative estimate of drug-likeness (QED) is 0.920. The van der Waals surface area contributed by atoms with Crippen LogP contribution in [-0.4, -0.2) is 9.97 Å². The third-order valence-electron chi connectivity index (χ3n) is 2.39. The van der Waals surface area contributed by atoms with Crippen molar-refractivity contribution in [1.29, 1.82) is 5.26 Å². The molecule has 5 heteroatoms. The lowest BCUT2D eigenvalue weighted by Gasteiger charge is -2.08. The summed E-state index contributed by atoms with van der Waals surface area (Å²) in [5.41, 5.74) is 2.17. The lowest BCUT2D eigenvalue weighted by atomic mass is 10.2. The van der Waals surface area contributed by atoms with Crippen LogP contribution in [0.4, 0.5) is 5.69 Å². The van der Waals surface area contributed by atoms with E-state index in [4.69, 9.17) is 16.9 Å². The predicted molar refractivity (Wildman–Crippen MR) is 70.3 cm³/mol. The molecular weight excluding hydrogens is 248 g/mol. The van der Waals surface area contributed by atoms with Crippen LogP contribution in [0.25, 0.3) is 0 Å². The molecule has 1 N–H and O–H groups in total. The van der Waals surface area contributed by atoms with Gasteiger partial charge in [-0.2, -0.15) is 5.26 Å². The first-order valence-corrected chi connectivity index (χ1v) is 5.79. The van der Waals surface area contributed by atoms with E-state index in [1.165, 1.54) is 0 Å². The SMILES string of the molecule is Cc1nccc(CNc2cc(C#N)ccc2Cl)n1. The highest BCUT2D eigenvalue weighted by molar-refractivity contribution is 6.33. The maximum atomic E-state index is 8.83. The largest absolute Gasteiger partial charge is 0.378 e. The molecule has 0 aliphatic rings. The molecule has 90 valence electrons. The molecule has 4 nitrogen and oxygen atoms in total. The number of benzene rings is 1. The van der Waals surface area contributed by atoms with Crippen LogP contribution in [0.1, 0.15) is 17.1 Å². The Morgan fingerprint density at radius 2 is 2.22 bits per heavy atom. The molecule has 0 radical (unpaired) electrons. The summed E-state index contributed by atoms with van der Waals surface area (Å²) in [6.07, 6.45) is 1.71. The minimum atomic E-state index is 0.540. The Labute approximate surface area is 110 Å². The highest BCUT2D eigenvalue weighted by Gasteiger charge is 2.02. The average molecular weight is 259 g/mol. The Morgan fingerprint density at radius 3 is 2.94 bits per heavy atom. The van der Waals surface area contributed by atoms with Crippen molar-refractivity contribution in [3.63, 3.8) is 0 Å². The smallest absolute Gasteiger partial charge is 0.125 e. The number of halogens is 1. The van der Waals surface area contributed by atoms with Gasteiger partial charge in [0.05, 0.1) is 34.6 Å². The number of hydrogen-bond donors (Lipinski definition) is 1. The first-order valence-electron chi connectivity index (χ1n) is 5.41. The van der Waals surface area contributed by atoms with E-state index in [9.17, 15) is 0 Å². The zero-order valence-electron chi connectivity index (χ0n) is 9.81. The molecule has 18 heavy (non-hydrogen) atoms. The van der Waals surface area contributed by atoms with E-state index in [-0.39, 0.29) is 0 Å². The third-order valence-corrected chi connectivity index (χ3v) is 2.72. The third kappa shape index (κ3) is 2.96. The summed E-state index contributed by atoms with van der Waals surface area (Å²) >= 11 is 6.05. The van der Waals surface area contributed by atoms with Crippen LogP contribution < -0.4 is 5.32 Å². The van der Waals surface area contributed by atoms with E-state index in [1.54, 1.807) is 24.4 Å². The molecule has 0 bridgehead atoms. The Balaban J connectivity index is 2.13. The van der Waals surface area contributed by atoms with Crippen molar-refractivity contribution in [1.82, 2.24) is 9.97 Å². The standard InChI is InChI=1S/C13H11ClN4/c1-9-16-5-4-11(18-9)8-17-13-6-10(7-15)2-3-12(13)14/h2-6,17H,8H2,1H3. The van der Waals surface area contributed by atoms with E-state index in [1.807, 2.05) is 13.0 Å². The number of nitrogens with one attached hydrogen (secondary N) is 1. The second kappa shape index (κ2) is 5.48. The molecule has 0 unspecified atom stereocenters. The van der Waals surface area contributed by atoms with E-state index in [0.717, 1.165) is 17.2 Å². The average Bonchev–Trinajstić information content (AvgIpc) is 2.38. The first-order chi connectivity index (χ1) is 8.69. The second-order valence-electron chi connectivity index (χ2n) is 3.76. The van der Waals surface area contributed by atoms with E-state index in [0.29, 0.717) is 17.1 Å². The van der Waals surface area contributed by atoms with Gasteiger partial charge in [0.25, 0.3) is 0 Å². The number of aromatic nitrogens is 2. The van der Waals surface area contributed by atoms with E-state index >= 15 is 0 Å². The summed E-state index contributed by atoms with van der Waals surface area (Å²) in [5.74, 6) is 0.728. The topological polar surface area (TPSA) is 61.6 Å². The van der Waals surface area contributed by atoms with Gasteiger partial charge in [-0.25, -0.2) is 9.97 Å². The second-order valence-corrected chi connectivity index (χ2v) is 4.16. The molecule has 0 saturated heterocycles. The summed E-state index contributed by atoms with van der Waals surface area (Å²) in [4.78, 5) is 8.31. The molecule has 0 spiro atoms. The maximum Gasteiger partial charge on any atom is 0.125 e. The number of nitriles is 1. The first kappa shape index (κ1) is 12.3. The van der Waals surface area contributed by atoms with Crippen molar-refractivity contribution >= 4 is 17.3 Å². The van der Waals surface area contributed by atoms with Crippen molar-refractivity contribution in [3.8, 4) is 6.07 Å². The summed E-state index contributed by atoms with van der Waals surface area (Å²) < 4.78 is 0. The molecule has 1 aromatic carbocycles. The van der Waals surface area contributed by atoms with Gasteiger partial charge in [-0.3, -0.25) is 0 Å². The van der Waals surface area contributed by atoms with Gasteiger partial charge in [0.2, 0.25) is 0 Å². The highest BCUT2D eigenvalue weighted by Crippen LogP contribution is 2.23. The van der Waals surface area contributed by atoms with Crippen LogP contribution >= 0.6 is 11.6 Å². The molecule has 1 heterocycles. The Kier molecular flexibility index (Phi) is 3.75. The van der Waals surface area contributed by atoms with E-state index in [2.05, 4.69) is 21.4 Å². The molecule has 0 atom stereocenters. The minimum absolute atomic E-state index is 0.540. The number of hydrogen-bond acceptors (Lipinski definition) is 4. The molecule has 2 aromatic rings. The zero-order valence-corrected chi connectivity index (χ0v) is 10.6. The van der Waals surface area contributed by atoms with Gasteiger partial charge in [0.1, 0.15) is 5.82 Å². The fourth-order valence-electron chi connectivity index (χ4n) is 1.52. The van der Waals surface area contributed by atoms with Gasteiger partial charge in [-0.1, -0.05) is 11.6 Å². The van der Waals surface area contributed by atoms with Gasteiger partial charge in [-0.15, -0.1) is 0 Å². The molecule has 0 aliphatic heterocycles. The van der Waals surface area contributed by atoms with Crippen LogP contribution in [0.5, 0.6) is 0 Å². The minimum Gasteiger partial charge on any atom is -0.378 e. The van der Waals surface area contributed by atoms with Crippen LogP contribution in [0.15, 0.2) is 30.5 Å². The van der Waals surface area contributed by atoms with E-state index < -0.39 is 0 Å². The zero-order chi connectivity index (χ0) is 13.0. The van der Waals surface area contributed by atoms with Crippen molar-refractivity contribution < 1.29 is 0 Å². The van der Waals surface area contributed by atoms with Crippen molar-refractivity contribution in [2.24, 2.45) is 0 Å². The number of nitrogens with zero attached hydrogens (tertiary/aromatic N) is 3. The van der Waals surface area contributed by atoms with Crippen LogP contribution in [0.2, 0.25) is 5.02 Å². The lowest BCUT2D eigenvalue weighted by Crippen LogP contribution is -2.03. The Morgan fingerprint density at radius 1 is 1.39 bits per heavy atom. The van der Waals surface area contributed by atoms with Crippen LogP contribution in [-0.2, 0) is 6.54 Å². The number of anilines is 1. The fourth-order valence-corrected chi connectivity index (χ4v) is 1.70. The summed E-state index contributed by atoms with van der Waals surface area (Å²) in [5, 5.41) is 12.6. The normalized spacial score (nSPS) is 9.83. The van der Waals surface area contributed by atoms with Gasteiger partial charge < -0.3 is 5.32 Å². The molecule has 2 rings (SSSR count). The summed E-state index contributed by atoms with van der Waals surface area (Å²) in [6.45, 7) is 2.38. The Hall–Kier alpha value is -2.12. The van der Waals surface area contributed by atoms with Crippen molar-refractivity contribution in [3.05, 3.63) is 52.6 Å². The molecule has 0 amide bonds. The molecular formula is C13H11ClN4. The van der Waals surface area contributed by atoms with Gasteiger partial charge in [0, 0.05) is 6.20 Å². The Bertz CT molecular complexity index is 604. The molecule has 0 fully saturated rings. The number of rotatable bonds is 3. The summed E-state index contributed by atoms with van der Waals surface area (Å²) in [6, 6.07) is 9.02. The predicted octanol–water partition coefficient (Wildman–Crippen LogP) is 2.92. The number of aryl methyl sites for hydroxylation is 1. The van der Waals surface area contributed by atoms with Crippen LogP contribution in [0.3, 0.4) is 0 Å². The highest BCUT2D eigenvalue weighted by atomic mass is 35.5. The summed E-state index contributed by atoms with van der Waals surface area (Å²) in [7, 11) is 0.